The second-order valence-corrected chi connectivity index (χ2v) is 15.0. The van der Waals surface area contributed by atoms with E-state index in [0.717, 1.165) is 12.8 Å². The van der Waals surface area contributed by atoms with Crippen molar-refractivity contribution < 1.29 is 19.3 Å². The quantitative estimate of drug-likeness (QED) is 0.379. The molecule has 1 aromatic heterocycles. The zero-order valence-corrected chi connectivity index (χ0v) is 20.6. The normalized spacial score (nSPS) is 20.3. The van der Waals surface area contributed by atoms with Crippen LogP contribution in [0.25, 0.3) is 0 Å². The van der Waals surface area contributed by atoms with Crippen LogP contribution in [0.3, 0.4) is 0 Å². The minimum atomic E-state index is -2.44. The summed E-state index contributed by atoms with van der Waals surface area (Å²) in [4.78, 5) is 40.1. The Morgan fingerprint density at radius 2 is 2.03 bits per heavy atom. The van der Waals surface area contributed by atoms with Crippen LogP contribution in [0.5, 0.6) is 0 Å². The van der Waals surface area contributed by atoms with Crippen molar-refractivity contribution in [2.45, 2.75) is 77.2 Å². The molecule has 1 unspecified atom stereocenters. The Labute approximate surface area is 185 Å². The van der Waals surface area contributed by atoms with Crippen molar-refractivity contribution in [2.75, 3.05) is 18.0 Å². The fraction of sp³-hybridized carbons (Fsp3) is 0.714. The first kappa shape index (κ1) is 25.1. The summed E-state index contributed by atoms with van der Waals surface area (Å²) >= 11 is 0. The molecule has 9 nitrogen and oxygen atoms in total. The van der Waals surface area contributed by atoms with Gasteiger partial charge in [-0.25, -0.2) is 4.79 Å². The van der Waals surface area contributed by atoms with E-state index >= 15 is 0 Å². The van der Waals surface area contributed by atoms with Crippen molar-refractivity contribution in [3.8, 4) is 0 Å². The average Bonchev–Trinajstić information content (AvgIpc) is 2.60. The van der Waals surface area contributed by atoms with Gasteiger partial charge in [-0.1, -0.05) is 13.8 Å². The summed E-state index contributed by atoms with van der Waals surface area (Å²) in [5, 5.41) is 14.2. The van der Waals surface area contributed by atoms with Crippen LogP contribution in [0.4, 0.5) is 16.2 Å². The molecule has 0 aliphatic carbocycles. The van der Waals surface area contributed by atoms with Crippen LogP contribution >= 0.6 is 0 Å². The van der Waals surface area contributed by atoms with Crippen LogP contribution in [-0.4, -0.2) is 53.8 Å². The van der Waals surface area contributed by atoms with Gasteiger partial charge in [0, 0.05) is 19.3 Å². The van der Waals surface area contributed by atoms with E-state index in [0.29, 0.717) is 18.8 Å². The highest BCUT2D eigenvalue weighted by Gasteiger charge is 2.43. The standard InChI is InChI=1S/C21H36N4O5Si/c1-20(2,3)30-19(26)23-16-14-24(17-8-10-22-13-18(17)25(27)28)11-9-15(16)12-21(4,5)31(6,7)29/h8,10,13,15-16,29H,9,11-12,14H2,1-7H3,(H,23,26)/t15-,16?/m1/s1. The van der Waals surface area contributed by atoms with Gasteiger partial charge < -0.3 is 19.7 Å². The molecule has 1 aliphatic heterocycles. The van der Waals surface area contributed by atoms with Crippen LogP contribution in [-0.2, 0) is 4.74 Å². The van der Waals surface area contributed by atoms with E-state index in [1.54, 1.807) is 26.8 Å². The number of rotatable bonds is 6. The van der Waals surface area contributed by atoms with E-state index in [9.17, 15) is 19.7 Å². The highest BCUT2D eigenvalue weighted by atomic mass is 28.4. The highest BCUT2D eigenvalue weighted by molar-refractivity contribution is 6.72. The van der Waals surface area contributed by atoms with Gasteiger partial charge in [0.2, 0.25) is 0 Å². The van der Waals surface area contributed by atoms with Crippen molar-refractivity contribution in [1.29, 1.82) is 0 Å². The van der Waals surface area contributed by atoms with Gasteiger partial charge >= 0.3 is 11.8 Å². The summed E-state index contributed by atoms with van der Waals surface area (Å²) in [6.07, 6.45) is 3.75. The van der Waals surface area contributed by atoms with Crippen LogP contribution in [0, 0.1) is 16.0 Å². The SMILES string of the molecule is CC(C)(C)OC(=O)NC1CN(c2ccncc2[N+](=O)[O-])CC[C@@H]1CC(C)(C)[Si](C)(C)O. The topological polar surface area (TPSA) is 118 Å². The predicted molar refractivity (Wildman–Crippen MR) is 123 cm³/mol. The minimum Gasteiger partial charge on any atom is -0.444 e. The first-order valence-corrected chi connectivity index (χ1v) is 13.6. The Morgan fingerprint density at radius 3 is 2.58 bits per heavy atom. The molecular formula is C21H36N4O5Si. The van der Waals surface area contributed by atoms with E-state index in [2.05, 4.69) is 24.1 Å². The molecule has 1 aromatic rings. The van der Waals surface area contributed by atoms with E-state index in [1.807, 2.05) is 18.0 Å². The Kier molecular flexibility index (Phi) is 7.37. The molecule has 1 amide bonds. The molecule has 1 aliphatic rings. The van der Waals surface area contributed by atoms with E-state index in [-0.39, 0.29) is 22.7 Å². The number of pyridine rings is 1. The van der Waals surface area contributed by atoms with E-state index in [4.69, 9.17) is 4.74 Å². The molecule has 2 rings (SSSR count). The number of carbonyl (C=O) groups excluding carboxylic acids is 1. The van der Waals surface area contributed by atoms with Crippen LogP contribution < -0.4 is 10.2 Å². The lowest BCUT2D eigenvalue weighted by molar-refractivity contribution is -0.384. The van der Waals surface area contributed by atoms with Gasteiger partial charge in [-0.3, -0.25) is 15.1 Å². The van der Waals surface area contributed by atoms with Gasteiger partial charge in [0.25, 0.3) is 0 Å². The molecule has 2 atom stereocenters. The Bertz CT molecular complexity index is 804. The van der Waals surface area contributed by atoms with Crippen molar-refractivity contribution in [2.24, 2.45) is 5.92 Å². The number of nitro groups is 1. The van der Waals surface area contributed by atoms with Crippen LogP contribution in [0.15, 0.2) is 18.5 Å². The number of alkyl carbamates (subject to hydrolysis) is 1. The summed E-state index contributed by atoms with van der Waals surface area (Å²) in [6.45, 7) is 14.5. The number of hydrogen-bond acceptors (Lipinski definition) is 7. The molecule has 0 radical (unpaired) electrons. The Morgan fingerprint density at radius 1 is 1.39 bits per heavy atom. The Hall–Kier alpha value is -2.20. The molecule has 0 bridgehead atoms. The maximum absolute atomic E-state index is 12.5. The van der Waals surface area contributed by atoms with E-state index < -0.39 is 24.9 Å². The number of nitrogens with one attached hydrogen (secondary N) is 1. The lowest BCUT2D eigenvalue weighted by Gasteiger charge is -2.45. The number of ether oxygens (including phenoxy) is 1. The highest BCUT2D eigenvalue weighted by Crippen LogP contribution is 2.44. The molecule has 0 aromatic carbocycles. The lowest BCUT2D eigenvalue weighted by atomic mass is 9.84. The third kappa shape index (κ3) is 6.64. The maximum atomic E-state index is 12.5. The molecule has 10 heteroatoms. The maximum Gasteiger partial charge on any atom is 0.407 e. The van der Waals surface area contributed by atoms with Gasteiger partial charge in [0.1, 0.15) is 17.5 Å². The Balaban J connectivity index is 2.28. The summed E-state index contributed by atoms with van der Waals surface area (Å²) in [5.41, 5.74) is -0.191. The molecule has 31 heavy (non-hydrogen) atoms. The zero-order chi connectivity index (χ0) is 23.6. The van der Waals surface area contributed by atoms with E-state index in [1.165, 1.54) is 12.4 Å². The molecule has 1 fully saturated rings. The van der Waals surface area contributed by atoms with Gasteiger partial charge in [-0.05, 0) is 63.7 Å². The third-order valence-corrected chi connectivity index (χ3v) is 9.72. The average molecular weight is 453 g/mol. The molecule has 174 valence electrons. The lowest BCUT2D eigenvalue weighted by Crippen LogP contribution is -2.55. The number of anilines is 1. The van der Waals surface area contributed by atoms with Crippen LogP contribution in [0.2, 0.25) is 18.1 Å². The number of piperidine rings is 1. The largest absolute Gasteiger partial charge is 0.444 e. The fourth-order valence-corrected chi connectivity index (χ4v) is 4.54. The number of aromatic nitrogens is 1. The van der Waals surface area contributed by atoms with Crippen molar-refractivity contribution >= 4 is 25.8 Å². The molecule has 0 spiro atoms. The molecule has 1 saturated heterocycles. The monoisotopic (exact) mass is 452 g/mol. The second kappa shape index (κ2) is 9.11. The van der Waals surface area contributed by atoms with Crippen molar-refractivity contribution in [3.63, 3.8) is 0 Å². The second-order valence-electron chi connectivity index (χ2n) is 10.5. The predicted octanol–water partition coefficient (Wildman–Crippen LogP) is 4.08. The van der Waals surface area contributed by atoms with Gasteiger partial charge in [-0.15, -0.1) is 0 Å². The molecular weight excluding hydrogens is 416 g/mol. The number of amides is 1. The number of carbonyl (C=O) groups is 1. The summed E-state index contributed by atoms with van der Waals surface area (Å²) < 4.78 is 5.46. The number of nitrogens with zero attached hydrogens (tertiary/aromatic N) is 3. The summed E-state index contributed by atoms with van der Waals surface area (Å²) in [6, 6.07) is 1.36. The van der Waals surface area contributed by atoms with Gasteiger partial charge in [0.15, 0.2) is 8.32 Å². The molecule has 0 saturated carbocycles. The first-order chi connectivity index (χ1) is 14.1. The minimum absolute atomic E-state index is 0.0544. The van der Waals surface area contributed by atoms with Crippen molar-refractivity contribution in [3.05, 3.63) is 28.6 Å². The smallest absolute Gasteiger partial charge is 0.407 e. The summed E-state index contributed by atoms with van der Waals surface area (Å²) in [7, 11) is -2.44. The summed E-state index contributed by atoms with van der Waals surface area (Å²) in [5.74, 6) is 0.110. The zero-order valence-electron chi connectivity index (χ0n) is 19.6. The van der Waals surface area contributed by atoms with Crippen molar-refractivity contribution in [1.82, 2.24) is 10.3 Å². The number of hydrogen-bond donors (Lipinski definition) is 2. The first-order valence-electron chi connectivity index (χ1n) is 10.7. The van der Waals surface area contributed by atoms with Crippen LogP contribution in [0.1, 0.15) is 47.5 Å². The molecule has 2 N–H and O–H groups in total. The van der Waals surface area contributed by atoms with Gasteiger partial charge in [-0.2, -0.15) is 0 Å². The molecule has 2 heterocycles. The van der Waals surface area contributed by atoms with Gasteiger partial charge in [0.05, 0.1) is 11.0 Å². The fourth-order valence-electron chi connectivity index (χ4n) is 3.78. The third-order valence-electron chi connectivity index (χ3n) is 6.20.